The summed E-state index contributed by atoms with van der Waals surface area (Å²) in [6.07, 6.45) is 2.40. The van der Waals surface area contributed by atoms with Crippen LogP contribution in [-0.2, 0) is 14.8 Å². The number of benzene rings is 2. The molecule has 198 valence electrons. The van der Waals surface area contributed by atoms with Crippen molar-refractivity contribution < 1.29 is 23.1 Å². The normalized spacial score (nSPS) is 22.9. The number of piperazine rings is 1. The lowest BCUT2D eigenvalue weighted by molar-refractivity contribution is -0.150. The first-order valence-electron chi connectivity index (χ1n) is 13.0. The van der Waals surface area contributed by atoms with Gasteiger partial charge in [0, 0.05) is 25.7 Å². The van der Waals surface area contributed by atoms with E-state index in [2.05, 4.69) is 19.9 Å². The summed E-state index contributed by atoms with van der Waals surface area (Å²) in [5, 5.41) is 9.31. The van der Waals surface area contributed by atoms with Gasteiger partial charge in [0.25, 0.3) is 0 Å². The van der Waals surface area contributed by atoms with Gasteiger partial charge in [0.1, 0.15) is 0 Å². The van der Waals surface area contributed by atoms with Gasteiger partial charge >= 0.3 is 6.09 Å². The van der Waals surface area contributed by atoms with E-state index in [4.69, 9.17) is 0 Å². The van der Waals surface area contributed by atoms with Crippen molar-refractivity contribution in [2.45, 2.75) is 62.4 Å². The molecule has 9 heteroatoms. The molecule has 0 bridgehead atoms. The molecule has 8 nitrogen and oxygen atoms in total. The third-order valence-electron chi connectivity index (χ3n) is 8.50. The fourth-order valence-corrected chi connectivity index (χ4v) is 7.86. The van der Waals surface area contributed by atoms with Gasteiger partial charge in [0.2, 0.25) is 15.9 Å². The second kappa shape index (κ2) is 9.76. The molecule has 1 spiro atoms. The highest BCUT2D eigenvalue weighted by Gasteiger charge is 2.52. The zero-order chi connectivity index (χ0) is 26.4. The first-order valence-corrected chi connectivity index (χ1v) is 14.5. The predicted octanol–water partition coefficient (Wildman–Crippen LogP) is 4.31. The van der Waals surface area contributed by atoms with Crippen LogP contribution < -0.4 is 0 Å². The molecule has 3 aliphatic rings. The van der Waals surface area contributed by atoms with Crippen LogP contribution >= 0.6 is 0 Å². The zero-order valence-electron chi connectivity index (χ0n) is 21.4. The molecule has 1 saturated carbocycles. The highest BCUT2D eigenvalue weighted by Crippen LogP contribution is 2.53. The number of carbonyl (C=O) groups excluding carboxylic acids is 1. The van der Waals surface area contributed by atoms with E-state index in [-0.39, 0.29) is 47.3 Å². The van der Waals surface area contributed by atoms with Crippen LogP contribution in [0.3, 0.4) is 0 Å². The minimum Gasteiger partial charge on any atom is -0.465 e. The fraction of sp³-hybridized carbons (Fsp3) is 0.500. The molecule has 1 atom stereocenters. The van der Waals surface area contributed by atoms with E-state index in [1.165, 1.54) is 9.21 Å². The Hall–Kier alpha value is -2.91. The standard InChI is InChI=1S/C28H35N3O5S/c1-20(2)23-10-6-7-11-24(23)25-18-30(37(35,36)22-8-4-3-5-9-22)19-26(32)31(25)21-16-28(17-21)12-14-29(15-13-28)27(33)34/h3-11,20-21,25H,12-19H2,1-2H3,(H,33,34). The second-order valence-corrected chi connectivity index (χ2v) is 13.0. The largest absolute Gasteiger partial charge is 0.465 e. The summed E-state index contributed by atoms with van der Waals surface area (Å²) in [5.41, 5.74) is 2.18. The number of carboxylic acid groups (broad SMARTS) is 1. The lowest BCUT2D eigenvalue weighted by Gasteiger charge is -2.57. The number of carbonyl (C=O) groups is 2. The molecule has 2 heterocycles. The van der Waals surface area contributed by atoms with Crippen LogP contribution in [0.5, 0.6) is 0 Å². The Labute approximate surface area is 218 Å². The molecular formula is C28H35N3O5S. The first-order chi connectivity index (χ1) is 17.6. The van der Waals surface area contributed by atoms with Crippen LogP contribution in [-0.4, -0.2) is 71.9 Å². The number of piperidine rings is 1. The summed E-state index contributed by atoms with van der Waals surface area (Å²) in [5.74, 6) is 0.0551. The van der Waals surface area contributed by atoms with E-state index >= 15 is 0 Å². The monoisotopic (exact) mass is 525 g/mol. The van der Waals surface area contributed by atoms with Gasteiger partial charge in [-0.2, -0.15) is 4.31 Å². The van der Waals surface area contributed by atoms with Gasteiger partial charge in [-0.15, -0.1) is 0 Å². The number of sulfonamides is 1. The highest BCUT2D eigenvalue weighted by molar-refractivity contribution is 7.89. The van der Waals surface area contributed by atoms with E-state index < -0.39 is 16.1 Å². The quantitative estimate of drug-likeness (QED) is 0.627. The number of amides is 2. The summed E-state index contributed by atoms with van der Waals surface area (Å²) < 4.78 is 28.4. The van der Waals surface area contributed by atoms with Gasteiger partial charge in [-0.3, -0.25) is 4.79 Å². The number of rotatable bonds is 5. The van der Waals surface area contributed by atoms with E-state index in [1.807, 2.05) is 23.1 Å². The Kier molecular flexibility index (Phi) is 6.79. The van der Waals surface area contributed by atoms with Crippen molar-refractivity contribution in [3.05, 3.63) is 65.7 Å². The smallest absolute Gasteiger partial charge is 0.407 e. The lowest BCUT2D eigenvalue weighted by Crippen LogP contribution is -2.62. The molecule has 2 aromatic carbocycles. The van der Waals surface area contributed by atoms with Crippen molar-refractivity contribution in [2.75, 3.05) is 26.2 Å². The number of likely N-dealkylation sites (tertiary alicyclic amines) is 1. The zero-order valence-corrected chi connectivity index (χ0v) is 22.2. The van der Waals surface area contributed by atoms with Gasteiger partial charge in [0.05, 0.1) is 17.5 Å². The van der Waals surface area contributed by atoms with Crippen molar-refractivity contribution in [1.29, 1.82) is 0 Å². The highest BCUT2D eigenvalue weighted by atomic mass is 32.2. The third kappa shape index (κ3) is 4.75. The topological polar surface area (TPSA) is 98.2 Å². The molecule has 2 aliphatic heterocycles. The van der Waals surface area contributed by atoms with Crippen LogP contribution in [0.1, 0.15) is 62.6 Å². The molecule has 0 radical (unpaired) electrons. The molecular weight excluding hydrogens is 490 g/mol. The fourth-order valence-electron chi connectivity index (χ4n) is 6.44. The van der Waals surface area contributed by atoms with Crippen molar-refractivity contribution in [3.63, 3.8) is 0 Å². The summed E-state index contributed by atoms with van der Waals surface area (Å²) in [4.78, 5) is 28.7. The Balaban J connectivity index is 1.44. The summed E-state index contributed by atoms with van der Waals surface area (Å²) in [6.45, 7) is 5.32. The molecule has 37 heavy (non-hydrogen) atoms. The van der Waals surface area contributed by atoms with Gasteiger partial charge in [-0.05, 0) is 60.3 Å². The maximum atomic E-state index is 13.7. The van der Waals surface area contributed by atoms with Crippen molar-refractivity contribution >= 4 is 22.0 Å². The van der Waals surface area contributed by atoms with Crippen LogP contribution in [0.4, 0.5) is 4.79 Å². The molecule has 2 saturated heterocycles. The molecule has 1 aliphatic carbocycles. The van der Waals surface area contributed by atoms with Crippen LogP contribution in [0.2, 0.25) is 0 Å². The Morgan fingerprint density at radius 3 is 2.24 bits per heavy atom. The maximum Gasteiger partial charge on any atom is 0.407 e. The molecule has 0 aromatic heterocycles. The SMILES string of the molecule is CC(C)c1ccccc1C1CN(S(=O)(=O)c2ccccc2)CC(=O)N1C1CC2(CCN(C(=O)O)CC2)C1. The van der Waals surface area contributed by atoms with Gasteiger partial charge in [-0.25, -0.2) is 13.2 Å². The molecule has 1 unspecified atom stereocenters. The second-order valence-electron chi connectivity index (χ2n) is 11.0. The maximum absolute atomic E-state index is 13.7. The van der Waals surface area contributed by atoms with Crippen LogP contribution in [0, 0.1) is 5.41 Å². The third-order valence-corrected chi connectivity index (χ3v) is 10.3. The lowest BCUT2D eigenvalue weighted by atomic mass is 9.59. The number of hydrogen-bond acceptors (Lipinski definition) is 4. The van der Waals surface area contributed by atoms with Crippen molar-refractivity contribution in [1.82, 2.24) is 14.1 Å². The Bertz CT molecular complexity index is 1260. The van der Waals surface area contributed by atoms with Crippen LogP contribution in [0.25, 0.3) is 0 Å². The van der Waals surface area contributed by atoms with Crippen LogP contribution in [0.15, 0.2) is 59.5 Å². The molecule has 3 fully saturated rings. The number of nitrogens with zero attached hydrogens (tertiary/aromatic N) is 3. The summed E-state index contributed by atoms with van der Waals surface area (Å²) in [7, 11) is -3.82. The minimum absolute atomic E-state index is 0.0238. The van der Waals surface area contributed by atoms with E-state index in [1.54, 1.807) is 30.3 Å². The minimum atomic E-state index is -3.82. The predicted molar refractivity (Wildman–Crippen MR) is 140 cm³/mol. The van der Waals surface area contributed by atoms with Gasteiger partial charge < -0.3 is 14.9 Å². The first kappa shape index (κ1) is 25.7. The average Bonchev–Trinajstić information content (AvgIpc) is 2.87. The van der Waals surface area contributed by atoms with Crippen molar-refractivity contribution in [3.8, 4) is 0 Å². The number of hydrogen-bond donors (Lipinski definition) is 1. The molecule has 2 amide bonds. The summed E-state index contributed by atoms with van der Waals surface area (Å²) in [6, 6.07) is 16.0. The average molecular weight is 526 g/mol. The van der Waals surface area contributed by atoms with Gasteiger partial charge in [0.15, 0.2) is 0 Å². The van der Waals surface area contributed by atoms with Crippen molar-refractivity contribution in [2.24, 2.45) is 5.41 Å². The van der Waals surface area contributed by atoms with Gasteiger partial charge in [-0.1, -0.05) is 56.3 Å². The Morgan fingerprint density at radius 2 is 1.62 bits per heavy atom. The van der Waals surface area contributed by atoms with E-state index in [0.29, 0.717) is 13.1 Å². The van der Waals surface area contributed by atoms with E-state index in [9.17, 15) is 23.1 Å². The van der Waals surface area contributed by atoms with E-state index in [0.717, 1.165) is 36.8 Å². The molecule has 1 N–H and O–H groups in total. The summed E-state index contributed by atoms with van der Waals surface area (Å²) >= 11 is 0. The molecule has 5 rings (SSSR count). The molecule has 2 aromatic rings. The Morgan fingerprint density at radius 1 is 1.00 bits per heavy atom.